The van der Waals surface area contributed by atoms with Crippen LogP contribution < -0.4 is 4.74 Å². The van der Waals surface area contributed by atoms with Crippen LogP contribution in [0.2, 0.25) is 0 Å². The van der Waals surface area contributed by atoms with Crippen LogP contribution in [0.5, 0.6) is 5.75 Å². The second kappa shape index (κ2) is 4.19. The molecule has 0 atom stereocenters. The number of halogens is 1. The first-order chi connectivity index (χ1) is 7.26. The van der Waals surface area contributed by atoms with Crippen molar-refractivity contribution in [2.24, 2.45) is 0 Å². The Balaban J connectivity index is 2.58. The number of allylic oxidation sites excluding steroid dienone is 2. The summed E-state index contributed by atoms with van der Waals surface area (Å²) in [6.45, 7) is 0. The molecule has 78 valence electrons. The Morgan fingerprint density at radius 2 is 2.20 bits per heavy atom. The van der Waals surface area contributed by atoms with Crippen LogP contribution in [0.4, 0.5) is 0 Å². The van der Waals surface area contributed by atoms with Gasteiger partial charge in [-0.1, -0.05) is 22.0 Å². The maximum Gasteiger partial charge on any atom is 0.151 e. The van der Waals surface area contributed by atoms with Crippen molar-refractivity contribution in [1.82, 2.24) is 0 Å². The van der Waals surface area contributed by atoms with E-state index < -0.39 is 0 Å². The van der Waals surface area contributed by atoms with Gasteiger partial charge in [-0.3, -0.25) is 4.79 Å². The average molecular weight is 267 g/mol. The summed E-state index contributed by atoms with van der Waals surface area (Å²) < 4.78 is 6.14. The van der Waals surface area contributed by atoms with Crippen LogP contribution in [-0.4, -0.2) is 13.4 Å². The highest BCUT2D eigenvalue weighted by molar-refractivity contribution is 9.11. The maximum atomic E-state index is 11.0. The first kappa shape index (κ1) is 10.4. The molecule has 2 rings (SSSR count). The summed E-state index contributed by atoms with van der Waals surface area (Å²) in [5.74, 6) is 0.787. The lowest BCUT2D eigenvalue weighted by Crippen LogP contribution is -2.03. The molecule has 0 bridgehead atoms. The van der Waals surface area contributed by atoms with E-state index in [1.54, 1.807) is 7.11 Å². The monoisotopic (exact) mass is 266 g/mol. The van der Waals surface area contributed by atoms with Gasteiger partial charge in [0.25, 0.3) is 0 Å². The molecule has 0 aliphatic heterocycles. The molecule has 2 nitrogen and oxygen atoms in total. The van der Waals surface area contributed by atoms with Gasteiger partial charge in [-0.25, -0.2) is 0 Å². The van der Waals surface area contributed by atoms with Gasteiger partial charge in [0.15, 0.2) is 6.29 Å². The van der Waals surface area contributed by atoms with Crippen LogP contribution in [0, 0.1) is 0 Å². The molecular weight excluding hydrogens is 256 g/mol. The highest BCUT2D eigenvalue weighted by atomic mass is 79.9. The van der Waals surface area contributed by atoms with Gasteiger partial charge in [0.1, 0.15) is 5.75 Å². The molecule has 1 aliphatic carbocycles. The molecule has 0 amide bonds. The Hall–Kier alpha value is -1.09. The van der Waals surface area contributed by atoms with Gasteiger partial charge in [0.2, 0.25) is 0 Å². The summed E-state index contributed by atoms with van der Waals surface area (Å²) in [5, 5.41) is 0. The second-order valence-electron chi connectivity index (χ2n) is 3.46. The number of ether oxygens (including phenoxy) is 1. The van der Waals surface area contributed by atoms with E-state index in [-0.39, 0.29) is 0 Å². The lowest BCUT2D eigenvalue weighted by molar-refractivity contribution is -0.103. The topological polar surface area (TPSA) is 26.3 Å². The Kier molecular flexibility index (Phi) is 2.91. The molecule has 0 unspecified atom stereocenters. The first-order valence-electron chi connectivity index (χ1n) is 4.77. The normalized spacial score (nSPS) is 14.8. The van der Waals surface area contributed by atoms with Crippen LogP contribution in [0.1, 0.15) is 17.5 Å². The van der Waals surface area contributed by atoms with E-state index in [9.17, 15) is 4.79 Å². The van der Waals surface area contributed by atoms with Gasteiger partial charge in [0.05, 0.1) is 7.11 Å². The highest BCUT2D eigenvalue weighted by Gasteiger charge is 2.17. The van der Waals surface area contributed by atoms with Crippen LogP contribution in [0.15, 0.2) is 22.7 Å². The molecule has 0 saturated carbocycles. The van der Waals surface area contributed by atoms with Crippen molar-refractivity contribution in [1.29, 1.82) is 0 Å². The highest BCUT2D eigenvalue weighted by Crippen LogP contribution is 2.34. The van der Waals surface area contributed by atoms with Crippen molar-refractivity contribution in [2.45, 2.75) is 12.8 Å². The fraction of sp³-hybridized carbons (Fsp3) is 0.250. The van der Waals surface area contributed by atoms with Gasteiger partial charge in [-0.05, 0) is 36.1 Å². The predicted molar refractivity (Wildman–Crippen MR) is 63.2 cm³/mol. The zero-order chi connectivity index (χ0) is 10.8. The fourth-order valence-electron chi connectivity index (χ4n) is 1.80. The number of benzene rings is 1. The fourth-order valence-corrected chi connectivity index (χ4v) is 2.31. The Labute approximate surface area is 97.1 Å². The number of methoxy groups -OCH3 is 1. The molecule has 1 aromatic rings. The number of fused-ring (bicyclic) bond motifs is 1. The Morgan fingerprint density at radius 1 is 1.40 bits per heavy atom. The molecule has 1 aliphatic rings. The van der Waals surface area contributed by atoms with Crippen molar-refractivity contribution >= 4 is 27.8 Å². The van der Waals surface area contributed by atoms with Crippen molar-refractivity contribution in [2.75, 3.05) is 7.11 Å². The Morgan fingerprint density at radius 3 is 2.87 bits per heavy atom. The third kappa shape index (κ3) is 1.84. The molecule has 0 aromatic heterocycles. The molecule has 1 aromatic carbocycles. The number of hydrogen-bond donors (Lipinski definition) is 0. The largest absolute Gasteiger partial charge is 0.497 e. The van der Waals surface area contributed by atoms with Crippen LogP contribution >= 0.6 is 15.9 Å². The number of hydrogen-bond acceptors (Lipinski definition) is 2. The lowest BCUT2D eigenvalue weighted by Gasteiger charge is -2.17. The average Bonchev–Trinajstić information content (AvgIpc) is 2.28. The minimum atomic E-state index is 0.746. The third-order valence-corrected chi connectivity index (χ3v) is 3.45. The first-order valence-corrected chi connectivity index (χ1v) is 5.56. The van der Waals surface area contributed by atoms with Crippen LogP contribution in [0.25, 0.3) is 5.57 Å². The summed E-state index contributed by atoms with van der Waals surface area (Å²) >= 11 is 3.44. The molecule has 15 heavy (non-hydrogen) atoms. The number of carbonyl (C=O) groups excluding carboxylic acids is 1. The third-order valence-electron chi connectivity index (χ3n) is 2.63. The van der Waals surface area contributed by atoms with Gasteiger partial charge < -0.3 is 4.74 Å². The molecule has 0 fully saturated rings. The molecule has 0 spiro atoms. The van der Waals surface area contributed by atoms with E-state index in [4.69, 9.17) is 4.74 Å². The van der Waals surface area contributed by atoms with Gasteiger partial charge in [0, 0.05) is 10.1 Å². The van der Waals surface area contributed by atoms with E-state index in [0.717, 1.165) is 40.5 Å². The predicted octanol–water partition coefficient (Wildman–Crippen LogP) is 2.95. The second-order valence-corrected chi connectivity index (χ2v) is 4.42. The van der Waals surface area contributed by atoms with Crippen molar-refractivity contribution < 1.29 is 9.53 Å². The smallest absolute Gasteiger partial charge is 0.151 e. The zero-order valence-electron chi connectivity index (χ0n) is 8.42. The summed E-state index contributed by atoms with van der Waals surface area (Å²) in [7, 11) is 1.63. The molecule has 0 saturated heterocycles. The number of rotatable bonds is 2. The summed E-state index contributed by atoms with van der Waals surface area (Å²) in [6, 6.07) is 5.87. The van der Waals surface area contributed by atoms with E-state index in [1.165, 1.54) is 5.56 Å². The summed E-state index contributed by atoms with van der Waals surface area (Å²) in [6.07, 6.45) is 2.77. The molecule has 0 N–H and O–H groups in total. The van der Waals surface area contributed by atoms with Gasteiger partial charge in [-0.2, -0.15) is 0 Å². The van der Waals surface area contributed by atoms with Crippen molar-refractivity contribution in [3.8, 4) is 5.75 Å². The standard InChI is InChI=1S/C12H11BrO2/c1-15-9-4-2-8-3-5-12(13)11(7-14)10(8)6-9/h2,4,6-7H,3,5H2,1H3. The van der Waals surface area contributed by atoms with Gasteiger partial charge in [-0.15, -0.1) is 0 Å². The molecule has 0 radical (unpaired) electrons. The van der Waals surface area contributed by atoms with Crippen LogP contribution in [-0.2, 0) is 11.2 Å². The number of aryl methyl sites for hydroxylation is 1. The SMILES string of the molecule is COc1ccc2c(c1)C(C=O)=C(Br)CC2. The Bertz CT molecular complexity index is 435. The number of aldehydes is 1. The summed E-state index contributed by atoms with van der Waals surface area (Å²) in [5.41, 5.74) is 2.94. The van der Waals surface area contributed by atoms with Crippen molar-refractivity contribution in [3.05, 3.63) is 33.8 Å². The minimum absolute atomic E-state index is 0.746. The van der Waals surface area contributed by atoms with E-state index in [2.05, 4.69) is 15.9 Å². The summed E-state index contributed by atoms with van der Waals surface area (Å²) in [4.78, 5) is 11.0. The van der Waals surface area contributed by atoms with Crippen LogP contribution in [0.3, 0.4) is 0 Å². The minimum Gasteiger partial charge on any atom is -0.497 e. The van der Waals surface area contributed by atoms with E-state index in [1.807, 2.05) is 18.2 Å². The molecule has 3 heteroatoms. The van der Waals surface area contributed by atoms with E-state index >= 15 is 0 Å². The maximum absolute atomic E-state index is 11.0. The zero-order valence-corrected chi connectivity index (χ0v) is 10.0. The van der Waals surface area contributed by atoms with E-state index in [0.29, 0.717) is 0 Å². The number of carbonyl (C=O) groups is 1. The molecule has 0 heterocycles. The molecular formula is C12H11BrO2. The van der Waals surface area contributed by atoms with Crippen molar-refractivity contribution in [3.63, 3.8) is 0 Å². The van der Waals surface area contributed by atoms with Gasteiger partial charge >= 0.3 is 0 Å². The quantitative estimate of drug-likeness (QED) is 0.770. The lowest BCUT2D eigenvalue weighted by atomic mass is 9.91.